The maximum Gasteiger partial charge on any atom is 0.234 e. The SMILES string of the molecule is CCOc1ccc(-n2c(SCC(=O)Nc3cc(Cl)ccc3C)nnc2-c2ccc(C)cc2)cc1. The smallest absolute Gasteiger partial charge is 0.234 e. The van der Waals surface area contributed by atoms with Crippen molar-refractivity contribution < 1.29 is 9.53 Å². The standard InChI is InChI=1S/C26H25ClN4O2S/c1-4-33-22-13-11-21(12-14-22)31-25(19-8-5-17(2)6-9-19)29-30-26(31)34-16-24(32)28-23-15-20(27)10-7-18(23)3/h5-15H,4,16H2,1-3H3,(H,28,32). The Morgan fingerprint density at radius 3 is 2.47 bits per heavy atom. The number of carbonyl (C=O) groups excluding carboxylic acids is 1. The third-order valence-corrected chi connectivity index (χ3v) is 6.32. The maximum absolute atomic E-state index is 12.7. The number of amides is 1. The zero-order chi connectivity index (χ0) is 24.1. The number of anilines is 1. The summed E-state index contributed by atoms with van der Waals surface area (Å²) in [7, 11) is 0. The molecule has 0 aliphatic rings. The van der Waals surface area contributed by atoms with Gasteiger partial charge in [0.2, 0.25) is 5.91 Å². The first-order chi connectivity index (χ1) is 16.4. The molecule has 0 unspecified atom stereocenters. The molecule has 0 aliphatic heterocycles. The lowest BCUT2D eigenvalue weighted by Gasteiger charge is -2.12. The Labute approximate surface area is 208 Å². The highest BCUT2D eigenvalue weighted by atomic mass is 35.5. The van der Waals surface area contributed by atoms with Crippen molar-refractivity contribution in [3.8, 4) is 22.8 Å². The van der Waals surface area contributed by atoms with E-state index in [1.54, 1.807) is 12.1 Å². The van der Waals surface area contributed by atoms with E-state index in [0.717, 1.165) is 22.6 Å². The number of ether oxygens (including phenoxy) is 1. The molecular weight excluding hydrogens is 468 g/mol. The summed E-state index contributed by atoms with van der Waals surface area (Å²) < 4.78 is 7.54. The fourth-order valence-corrected chi connectivity index (χ4v) is 4.31. The third-order valence-electron chi connectivity index (χ3n) is 5.16. The van der Waals surface area contributed by atoms with Gasteiger partial charge >= 0.3 is 0 Å². The molecule has 4 rings (SSSR count). The normalized spacial score (nSPS) is 10.8. The summed E-state index contributed by atoms with van der Waals surface area (Å²) in [6, 6.07) is 21.3. The van der Waals surface area contributed by atoms with Crippen LogP contribution in [0.5, 0.6) is 5.75 Å². The van der Waals surface area contributed by atoms with E-state index in [0.29, 0.717) is 28.3 Å². The second kappa shape index (κ2) is 10.8. The average Bonchev–Trinajstić information content (AvgIpc) is 3.25. The van der Waals surface area contributed by atoms with Gasteiger partial charge < -0.3 is 10.1 Å². The van der Waals surface area contributed by atoms with E-state index < -0.39 is 0 Å². The number of halogens is 1. The number of aryl methyl sites for hydroxylation is 2. The zero-order valence-corrected chi connectivity index (χ0v) is 20.8. The molecule has 1 aromatic heterocycles. The van der Waals surface area contributed by atoms with Crippen molar-refractivity contribution in [3.05, 3.63) is 82.9 Å². The summed E-state index contributed by atoms with van der Waals surface area (Å²) in [4.78, 5) is 12.7. The predicted molar refractivity (Wildman–Crippen MR) is 138 cm³/mol. The molecule has 1 heterocycles. The van der Waals surface area contributed by atoms with Crippen LogP contribution in [-0.2, 0) is 4.79 Å². The van der Waals surface area contributed by atoms with E-state index >= 15 is 0 Å². The minimum absolute atomic E-state index is 0.145. The monoisotopic (exact) mass is 492 g/mol. The molecule has 0 saturated carbocycles. The fourth-order valence-electron chi connectivity index (χ4n) is 3.39. The van der Waals surface area contributed by atoms with Crippen molar-refractivity contribution >= 4 is 35.0 Å². The highest BCUT2D eigenvalue weighted by Crippen LogP contribution is 2.29. The van der Waals surface area contributed by atoms with E-state index in [1.165, 1.54) is 17.3 Å². The highest BCUT2D eigenvalue weighted by Gasteiger charge is 2.18. The van der Waals surface area contributed by atoms with Gasteiger partial charge in [0, 0.05) is 22.0 Å². The Morgan fingerprint density at radius 1 is 1.03 bits per heavy atom. The van der Waals surface area contributed by atoms with Gasteiger partial charge in [-0.15, -0.1) is 10.2 Å². The quantitative estimate of drug-likeness (QED) is 0.291. The fraction of sp³-hybridized carbons (Fsp3) is 0.192. The van der Waals surface area contributed by atoms with E-state index in [1.807, 2.05) is 79.9 Å². The van der Waals surface area contributed by atoms with Gasteiger partial charge in [-0.25, -0.2) is 0 Å². The van der Waals surface area contributed by atoms with E-state index in [9.17, 15) is 4.79 Å². The van der Waals surface area contributed by atoms with Crippen LogP contribution < -0.4 is 10.1 Å². The molecule has 0 radical (unpaired) electrons. The van der Waals surface area contributed by atoms with Crippen LogP contribution in [0.25, 0.3) is 17.1 Å². The number of rotatable bonds is 8. The molecule has 174 valence electrons. The van der Waals surface area contributed by atoms with Crippen molar-refractivity contribution in [3.63, 3.8) is 0 Å². The van der Waals surface area contributed by atoms with Gasteiger partial charge in [0.05, 0.1) is 12.4 Å². The molecule has 1 N–H and O–H groups in total. The second-order valence-electron chi connectivity index (χ2n) is 7.73. The lowest BCUT2D eigenvalue weighted by Crippen LogP contribution is -2.15. The lowest BCUT2D eigenvalue weighted by atomic mass is 10.1. The van der Waals surface area contributed by atoms with Crippen LogP contribution in [0.1, 0.15) is 18.1 Å². The molecule has 3 aromatic carbocycles. The summed E-state index contributed by atoms with van der Waals surface area (Å²) in [6.45, 7) is 6.52. The van der Waals surface area contributed by atoms with Crippen LogP contribution >= 0.6 is 23.4 Å². The Hall–Kier alpha value is -3.29. The molecule has 0 spiro atoms. The molecule has 1 amide bonds. The molecule has 0 fully saturated rings. The van der Waals surface area contributed by atoms with Crippen molar-refractivity contribution in [1.29, 1.82) is 0 Å². The second-order valence-corrected chi connectivity index (χ2v) is 9.11. The lowest BCUT2D eigenvalue weighted by molar-refractivity contribution is -0.113. The largest absolute Gasteiger partial charge is 0.494 e. The van der Waals surface area contributed by atoms with Crippen LogP contribution in [0.2, 0.25) is 5.02 Å². The Morgan fingerprint density at radius 2 is 1.76 bits per heavy atom. The molecule has 0 atom stereocenters. The molecule has 6 nitrogen and oxygen atoms in total. The number of hydrogen-bond acceptors (Lipinski definition) is 5. The Bertz CT molecular complexity index is 1290. The van der Waals surface area contributed by atoms with Crippen molar-refractivity contribution in [1.82, 2.24) is 14.8 Å². The number of carbonyl (C=O) groups is 1. The maximum atomic E-state index is 12.7. The van der Waals surface area contributed by atoms with Crippen LogP contribution in [0.15, 0.2) is 71.9 Å². The molecular formula is C26H25ClN4O2S. The molecule has 8 heteroatoms. The van der Waals surface area contributed by atoms with Gasteiger partial charge in [0.1, 0.15) is 5.75 Å². The summed E-state index contributed by atoms with van der Waals surface area (Å²) in [5.74, 6) is 1.53. The number of hydrogen-bond donors (Lipinski definition) is 1. The van der Waals surface area contributed by atoms with Gasteiger partial charge in [-0.2, -0.15) is 0 Å². The van der Waals surface area contributed by atoms with Gasteiger partial charge in [0.25, 0.3) is 0 Å². The molecule has 34 heavy (non-hydrogen) atoms. The molecule has 0 aliphatic carbocycles. The first-order valence-corrected chi connectivity index (χ1v) is 12.3. The third kappa shape index (κ3) is 5.61. The Balaban J connectivity index is 1.60. The van der Waals surface area contributed by atoms with Gasteiger partial charge in [-0.05, 0) is 62.7 Å². The summed E-state index contributed by atoms with van der Waals surface area (Å²) in [5.41, 5.74) is 4.64. The minimum Gasteiger partial charge on any atom is -0.494 e. The van der Waals surface area contributed by atoms with E-state index in [4.69, 9.17) is 16.3 Å². The number of benzene rings is 3. The van der Waals surface area contributed by atoms with Crippen LogP contribution in [0.4, 0.5) is 5.69 Å². The Kier molecular flexibility index (Phi) is 7.55. The van der Waals surface area contributed by atoms with Crippen molar-refractivity contribution in [2.24, 2.45) is 0 Å². The van der Waals surface area contributed by atoms with Crippen LogP contribution in [-0.4, -0.2) is 33.0 Å². The number of nitrogens with one attached hydrogen (secondary N) is 1. The number of thioether (sulfide) groups is 1. The van der Waals surface area contributed by atoms with Crippen molar-refractivity contribution in [2.45, 2.75) is 25.9 Å². The summed E-state index contributed by atoms with van der Waals surface area (Å²) >= 11 is 7.40. The molecule has 0 bridgehead atoms. The number of aromatic nitrogens is 3. The highest BCUT2D eigenvalue weighted by molar-refractivity contribution is 7.99. The van der Waals surface area contributed by atoms with Gasteiger partial charge in [-0.1, -0.05) is 59.3 Å². The molecule has 0 saturated heterocycles. The first kappa shape index (κ1) is 23.9. The van der Waals surface area contributed by atoms with E-state index in [-0.39, 0.29) is 11.7 Å². The first-order valence-electron chi connectivity index (χ1n) is 10.9. The van der Waals surface area contributed by atoms with Crippen LogP contribution in [0.3, 0.4) is 0 Å². The molecule has 4 aromatic rings. The van der Waals surface area contributed by atoms with Crippen LogP contribution in [0, 0.1) is 13.8 Å². The minimum atomic E-state index is -0.145. The topological polar surface area (TPSA) is 69.0 Å². The number of nitrogens with zero attached hydrogens (tertiary/aromatic N) is 3. The van der Waals surface area contributed by atoms with Gasteiger partial charge in [-0.3, -0.25) is 9.36 Å². The average molecular weight is 493 g/mol. The summed E-state index contributed by atoms with van der Waals surface area (Å²) in [5, 5.41) is 13.0. The predicted octanol–water partition coefficient (Wildman–Crippen LogP) is 6.33. The summed E-state index contributed by atoms with van der Waals surface area (Å²) in [6.07, 6.45) is 0. The zero-order valence-electron chi connectivity index (χ0n) is 19.2. The van der Waals surface area contributed by atoms with E-state index in [2.05, 4.69) is 15.5 Å². The van der Waals surface area contributed by atoms with Crippen molar-refractivity contribution in [2.75, 3.05) is 17.7 Å². The van der Waals surface area contributed by atoms with Gasteiger partial charge in [0.15, 0.2) is 11.0 Å².